The van der Waals surface area contributed by atoms with Gasteiger partial charge in [0.1, 0.15) is 0 Å². The Bertz CT molecular complexity index is 580. The van der Waals surface area contributed by atoms with Crippen LogP contribution in [0.5, 0.6) is 0 Å². The average molecular weight is 504 g/mol. The highest BCUT2D eigenvalue weighted by Crippen LogP contribution is 2.46. The molecule has 0 bridgehead atoms. The number of rotatable bonds is 2. The van der Waals surface area contributed by atoms with Crippen LogP contribution in [0, 0.1) is 7.14 Å². The summed E-state index contributed by atoms with van der Waals surface area (Å²) in [5.41, 5.74) is -3.32. The Hall–Kier alpha value is -0.350. The smallest absolute Gasteiger partial charge is 0.372 e. The van der Waals surface area contributed by atoms with E-state index in [0.29, 0.717) is 7.14 Å². The van der Waals surface area contributed by atoms with Crippen molar-refractivity contribution in [2.75, 3.05) is 0 Å². The number of alkyl halides is 3. The second-order valence-electron chi connectivity index (χ2n) is 4.17. The lowest BCUT2D eigenvalue weighted by Crippen LogP contribution is -2.44. The van der Waals surface area contributed by atoms with Gasteiger partial charge in [-0.2, -0.15) is 13.2 Å². The quantitative estimate of drug-likeness (QED) is 0.589. The molecule has 0 atom stereocenters. The van der Waals surface area contributed by atoms with E-state index in [1.54, 1.807) is 69.4 Å². The van der Waals surface area contributed by atoms with Crippen molar-refractivity contribution in [3.8, 4) is 0 Å². The molecule has 2 rings (SSSR count). The Morgan fingerprint density at radius 3 is 1.40 bits per heavy atom. The molecule has 1 N–H and O–H groups in total. The van der Waals surface area contributed by atoms with Crippen LogP contribution in [0.3, 0.4) is 0 Å². The zero-order valence-corrected chi connectivity index (χ0v) is 14.3. The van der Waals surface area contributed by atoms with E-state index in [4.69, 9.17) is 0 Å². The Labute approximate surface area is 141 Å². The maximum atomic E-state index is 13.6. The third kappa shape index (κ3) is 2.69. The van der Waals surface area contributed by atoms with Crippen LogP contribution >= 0.6 is 45.2 Å². The zero-order chi connectivity index (χ0) is 15.0. The molecule has 0 amide bonds. The molecule has 0 aliphatic heterocycles. The van der Waals surface area contributed by atoms with Gasteiger partial charge in [-0.3, -0.25) is 0 Å². The van der Waals surface area contributed by atoms with Gasteiger partial charge in [0.25, 0.3) is 0 Å². The molecule has 2 aromatic rings. The minimum absolute atomic E-state index is 0.155. The van der Waals surface area contributed by atoms with Crippen molar-refractivity contribution in [1.29, 1.82) is 0 Å². The second-order valence-corrected chi connectivity index (χ2v) is 6.49. The fourth-order valence-corrected chi connectivity index (χ4v) is 3.52. The predicted molar refractivity (Wildman–Crippen MR) is 87.4 cm³/mol. The molecule has 1 nitrogen and oxygen atoms in total. The van der Waals surface area contributed by atoms with Crippen LogP contribution in [0.4, 0.5) is 13.2 Å². The summed E-state index contributed by atoms with van der Waals surface area (Å²) in [7, 11) is 0. The topological polar surface area (TPSA) is 20.2 Å². The van der Waals surface area contributed by atoms with E-state index >= 15 is 0 Å². The predicted octanol–water partition coefficient (Wildman–Crippen LogP) is 4.69. The summed E-state index contributed by atoms with van der Waals surface area (Å²) >= 11 is 3.60. The lowest BCUT2D eigenvalue weighted by Gasteiger charge is -2.33. The maximum Gasteiger partial charge on any atom is 0.425 e. The van der Waals surface area contributed by atoms with Crippen molar-refractivity contribution >= 4 is 45.2 Å². The van der Waals surface area contributed by atoms with Crippen molar-refractivity contribution in [3.63, 3.8) is 0 Å². The molecule has 0 aromatic heterocycles. The number of hydrogen-bond acceptors (Lipinski definition) is 1. The molecule has 0 saturated carbocycles. The number of hydrogen-bond donors (Lipinski definition) is 1. The lowest BCUT2D eigenvalue weighted by molar-refractivity contribution is -0.248. The van der Waals surface area contributed by atoms with Crippen molar-refractivity contribution in [2.45, 2.75) is 11.8 Å². The fraction of sp³-hybridized carbons (Fsp3) is 0.143. The largest absolute Gasteiger partial charge is 0.425 e. The minimum Gasteiger partial charge on any atom is -0.372 e. The van der Waals surface area contributed by atoms with Gasteiger partial charge in [0, 0.05) is 18.3 Å². The van der Waals surface area contributed by atoms with Crippen LogP contribution in [-0.4, -0.2) is 11.3 Å². The number of benzene rings is 2. The third-order valence-corrected chi connectivity index (χ3v) is 4.82. The van der Waals surface area contributed by atoms with Gasteiger partial charge < -0.3 is 5.11 Å². The Kier molecular flexibility index (Phi) is 4.65. The van der Waals surface area contributed by atoms with Gasteiger partial charge in [-0.05, 0) is 57.3 Å². The van der Waals surface area contributed by atoms with Crippen LogP contribution in [0.1, 0.15) is 11.1 Å². The monoisotopic (exact) mass is 504 g/mol. The van der Waals surface area contributed by atoms with E-state index in [0.717, 1.165) is 0 Å². The molecule has 0 aliphatic carbocycles. The molecule has 0 aliphatic rings. The maximum absolute atomic E-state index is 13.6. The molecule has 6 heteroatoms. The van der Waals surface area contributed by atoms with Crippen LogP contribution in [0.2, 0.25) is 0 Å². The molecule has 0 heterocycles. The van der Waals surface area contributed by atoms with Gasteiger partial charge in [-0.1, -0.05) is 36.4 Å². The van der Waals surface area contributed by atoms with Gasteiger partial charge in [-0.25, -0.2) is 0 Å². The Morgan fingerprint density at radius 1 is 0.750 bits per heavy atom. The summed E-state index contributed by atoms with van der Waals surface area (Å²) in [4.78, 5) is 0. The van der Waals surface area contributed by atoms with Gasteiger partial charge in [0.2, 0.25) is 5.60 Å². The van der Waals surface area contributed by atoms with Crippen molar-refractivity contribution in [2.24, 2.45) is 0 Å². The average Bonchev–Trinajstić information content (AvgIpc) is 2.37. The minimum atomic E-state index is -4.81. The SMILES string of the molecule is OC(c1ccccc1I)(c1ccccc1I)C(F)(F)F. The number of aliphatic hydroxyl groups is 1. The van der Waals surface area contributed by atoms with E-state index in [1.807, 2.05) is 0 Å². The Morgan fingerprint density at radius 2 is 1.10 bits per heavy atom. The van der Waals surface area contributed by atoms with E-state index in [1.165, 1.54) is 24.3 Å². The van der Waals surface area contributed by atoms with Crippen LogP contribution < -0.4 is 0 Å². The molecular formula is C14H9F3I2O. The molecular weight excluding hydrogens is 495 g/mol. The summed E-state index contributed by atoms with van der Waals surface area (Å²) in [6.07, 6.45) is -4.81. The van der Waals surface area contributed by atoms with E-state index in [2.05, 4.69) is 0 Å². The zero-order valence-electron chi connectivity index (χ0n) is 9.96. The molecule has 0 unspecified atom stereocenters. The van der Waals surface area contributed by atoms with E-state index in [-0.39, 0.29) is 11.1 Å². The molecule has 0 saturated heterocycles. The van der Waals surface area contributed by atoms with Crippen LogP contribution in [0.25, 0.3) is 0 Å². The first kappa shape index (κ1) is 16.0. The van der Waals surface area contributed by atoms with E-state index in [9.17, 15) is 18.3 Å². The molecule has 2 aromatic carbocycles. The molecule has 0 fully saturated rings. The second kappa shape index (κ2) is 5.80. The molecule has 106 valence electrons. The first-order chi connectivity index (χ1) is 9.28. The van der Waals surface area contributed by atoms with Gasteiger partial charge in [-0.15, -0.1) is 0 Å². The van der Waals surface area contributed by atoms with Crippen LogP contribution in [-0.2, 0) is 5.60 Å². The van der Waals surface area contributed by atoms with Crippen molar-refractivity contribution in [3.05, 3.63) is 66.8 Å². The normalized spacial score (nSPS) is 12.5. The lowest BCUT2D eigenvalue weighted by atomic mass is 9.86. The Balaban J connectivity index is 2.78. The number of halogens is 5. The first-order valence-electron chi connectivity index (χ1n) is 5.57. The van der Waals surface area contributed by atoms with E-state index < -0.39 is 11.8 Å². The summed E-state index contributed by atoms with van der Waals surface area (Å²) in [6.45, 7) is 0. The van der Waals surface area contributed by atoms with Gasteiger partial charge in [0.15, 0.2) is 0 Å². The van der Waals surface area contributed by atoms with Crippen molar-refractivity contribution in [1.82, 2.24) is 0 Å². The third-order valence-electron chi connectivity index (χ3n) is 2.94. The highest BCUT2D eigenvalue weighted by atomic mass is 127. The summed E-state index contributed by atoms with van der Waals surface area (Å²) in [5.74, 6) is 0. The van der Waals surface area contributed by atoms with Gasteiger partial charge in [0.05, 0.1) is 0 Å². The van der Waals surface area contributed by atoms with Gasteiger partial charge >= 0.3 is 6.18 Å². The standard InChI is InChI=1S/C14H9F3I2O/c15-14(16,17)13(20,9-5-1-3-7-11(9)18)10-6-2-4-8-12(10)19/h1-8,20H. The van der Waals surface area contributed by atoms with Crippen LogP contribution in [0.15, 0.2) is 48.5 Å². The molecule has 20 heavy (non-hydrogen) atoms. The fourth-order valence-electron chi connectivity index (χ4n) is 1.96. The molecule has 0 spiro atoms. The summed E-state index contributed by atoms with van der Waals surface area (Å²) < 4.78 is 41.5. The highest BCUT2D eigenvalue weighted by molar-refractivity contribution is 14.1. The molecule has 0 radical (unpaired) electrons. The first-order valence-corrected chi connectivity index (χ1v) is 7.73. The summed E-state index contributed by atoms with van der Waals surface area (Å²) in [5, 5.41) is 10.5. The van der Waals surface area contributed by atoms with Crippen molar-refractivity contribution < 1.29 is 18.3 Å². The summed E-state index contributed by atoms with van der Waals surface area (Å²) in [6, 6.07) is 11.9. The highest BCUT2D eigenvalue weighted by Gasteiger charge is 2.57.